The number of carboxylic acids is 5. The Morgan fingerprint density at radius 2 is 0.805 bits per heavy atom. The van der Waals surface area contributed by atoms with E-state index in [1.807, 2.05) is 0 Å². The van der Waals surface area contributed by atoms with Gasteiger partial charge in [0.2, 0.25) is 29.5 Å². The van der Waals surface area contributed by atoms with Gasteiger partial charge in [-0.15, -0.1) is 0 Å². The summed E-state index contributed by atoms with van der Waals surface area (Å²) >= 11 is 0. The minimum atomic E-state index is -1.26. The van der Waals surface area contributed by atoms with Gasteiger partial charge in [-0.25, -0.2) is 19.4 Å². The molecule has 5 atom stereocenters. The second kappa shape index (κ2) is 79.3. The third-order valence-electron chi connectivity index (χ3n) is 20.8. The van der Waals surface area contributed by atoms with Crippen molar-refractivity contribution in [1.29, 1.82) is 0 Å². The van der Waals surface area contributed by atoms with Crippen LogP contribution in [0.5, 0.6) is 11.5 Å². The van der Waals surface area contributed by atoms with E-state index in [2.05, 4.69) is 48.8 Å². The summed E-state index contributed by atoms with van der Waals surface area (Å²) in [6.45, 7) is 8.66. The van der Waals surface area contributed by atoms with Crippen LogP contribution in [-0.4, -0.2) is 299 Å². The van der Waals surface area contributed by atoms with Gasteiger partial charge in [-0.1, -0.05) is 90.9 Å². The summed E-state index contributed by atoms with van der Waals surface area (Å²) in [5, 5.41) is 73.1. The summed E-state index contributed by atoms with van der Waals surface area (Å²) in [6, 6.07) is 10.8. The predicted octanol–water partition coefficient (Wildman–Crippen LogP) is 8.14. The van der Waals surface area contributed by atoms with Gasteiger partial charge in [0, 0.05) is 109 Å². The Morgan fingerprint density at radius 3 is 1.29 bits per heavy atom. The summed E-state index contributed by atoms with van der Waals surface area (Å²) < 4.78 is 54.2. The van der Waals surface area contributed by atoms with Crippen molar-refractivity contribution in [3.63, 3.8) is 0 Å². The van der Waals surface area contributed by atoms with Crippen LogP contribution in [0.4, 0.5) is 0 Å². The molecule has 2 aromatic carbocycles. The number of nitrogens with one attached hydrogen (secondary N) is 7. The average molecular weight is 1890 g/mol. The molecule has 1 aromatic heterocycles. The lowest BCUT2D eigenvalue weighted by Crippen LogP contribution is -2.42. The van der Waals surface area contributed by atoms with Gasteiger partial charge < -0.3 is 115 Å². The molecule has 0 saturated carbocycles. The summed E-state index contributed by atoms with van der Waals surface area (Å²) in [4.78, 5) is 186. The lowest BCUT2D eigenvalue weighted by molar-refractivity contribution is -0.144. The summed E-state index contributed by atoms with van der Waals surface area (Å²) in [5.41, 5.74) is 1.04. The maximum absolute atomic E-state index is 12.8. The van der Waals surface area contributed by atoms with Crippen molar-refractivity contribution in [2.24, 2.45) is 11.8 Å². The Labute approximate surface area is 779 Å². The number of imidazole rings is 1. The Morgan fingerprint density at radius 1 is 0.361 bits per heavy atom. The zero-order valence-corrected chi connectivity index (χ0v) is 77.8. The van der Waals surface area contributed by atoms with Crippen LogP contribution in [0.25, 0.3) is 0 Å². The predicted molar refractivity (Wildman–Crippen MR) is 487 cm³/mol. The van der Waals surface area contributed by atoms with Crippen LogP contribution >= 0.6 is 0 Å². The monoisotopic (exact) mass is 1890 g/mol. The fraction of sp³-hybridized carbons (Fsp3) is 0.681. The van der Waals surface area contributed by atoms with Gasteiger partial charge in [-0.3, -0.25) is 57.5 Å². The number of H-pyrrole nitrogens is 1. The molecular formula is C94H148N8O31. The number of hydrogen-bond donors (Lipinski definition) is 13. The molecule has 0 aliphatic carbocycles. The number of aliphatic hydroxyl groups is 1. The van der Waals surface area contributed by atoms with E-state index in [9.17, 15) is 92.3 Å². The molecule has 0 bridgehead atoms. The molecule has 0 saturated heterocycles. The van der Waals surface area contributed by atoms with Crippen LogP contribution in [0.1, 0.15) is 252 Å². The topological polar surface area (TPSA) is 571 Å². The number of Topliss-reactive ketones (excluding diaryl/α,β-unsaturated/α-hetero) is 5. The number of carbonyl (C=O) groups is 15. The van der Waals surface area contributed by atoms with Crippen molar-refractivity contribution >= 4 is 88.3 Å². The fourth-order valence-corrected chi connectivity index (χ4v) is 13.0. The number of amides is 5. The number of rotatable bonds is 89. The zero-order chi connectivity index (χ0) is 97.5. The summed E-state index contributed by atoms with van der Waals surface area (Å²) in [7, 11) is 0. The first-order valence-electron chi connectivity index (χ1n) is 46.8. The van der Waals surface area contributed by atoms with E-state index in [1.165, 1.54) is 36.8 Å². The van der Waals surface area contributed by atoms with Crippen LogP contribution in [0.3, 0.4) is 0 Å². The number of hydrogen-bond acceptors (Lipinski definition) is 28. The normalized spacial score (nSPS) is 12.2. The molecule has 1 heterocycles. The van der Waals surface area contributed by atoms with Crippen LogP contribution < -0.4 is 41.4 Å². The molecule has 5 amide bonds. The fourth-order valence-electron chi connectivity index (χ4n) is 13.0. The van der Waals surface area contributed by atoms with Gasteiger partial charge in [0.05, 0.1) is 121 Å². The number of aromatic nitrogens is 2. The number of aliphatic carboxylic acids is 3. The number of aliphatic hydroxyl groups excluding tert-OH is 1. The largest absolute Gasteiger partial charge is 0.494 e. The van der Waals surface area contributed by atoms with Crippen LogP contribution in [-0.2, 0) is 107 Å². The van der Waals surface area contributed by atoms with Crippen molar-refractivity contribution in [1.82, 2.24) is 41.9 Å². The highest BCUT2D eigenvalue weighted by atomic mass is 16.5. The average Bonchev–Trinajstić information content (AvgIpc) is 1.51. The second-order valence-corrected chi connectivity index (χ2v) is 32.0. The molecule has 13 N–H and O–H groups in total. The smallest absolute Gasteiger partial charge is 0.335 e. The standard InChI is InChI=1S/C54H84N6O18.C40H64N2O13/c1-2-44(58-35-48(64)47(63)33-41-34-55-38-59-41)46(62)23-18-39(52(68)69)13-9-10-24-56-50(66)36-77-32-30-75-28-25-57-51(67)37-76-31-29-74-26-12-14-42(61)19-22-45(54(72)73)60-49(65)15-8-6-4-3-5-7-11-27-78-43-20-16-40(17-21-43)53(70)71;1-2-3-20-41-38(46)31-54-28-25-51-22-11-13-35(44)30-53-27-26-52-24-21-42-37(45)19-16-33(40(49)50)29-34(43)12-9-7-5-4-6-8-10-23-55-36-17-14-32(15-18-36)39(47)48/h16-17,20-21,34,38-39,44-45,47,58,63H,2-15,18-19,22-33,35-37H2,1H3,(H,55,59)(H,56,66)(H,57,67)(H,60,65)(H,68,69)(H,70,71)(H,72,73);14-15,17-18,33H,2-13,16,19-31H2,1H3,(H,41,46)(H,42,45)(H,47,48)(H,49,50)/t39-,44+,45+,47+;33-/m11/s1. The Bertz CT molecular complexity index is 3740. The minimum Gasteiger partial charge on any atom is -0.494 e. The van der Waals surface area contributed by atoms with Gasteiger partial charge in [-0.05, 0) is 132 Å². The molecule has 0 aliphatic heterocycles. The Hall–Kier alpha value is -10.1. The molecule has 39 heteroatoms. The third-order valence-corrected chi connectivity index (χ3v) is 20.8. The lowest BCUT2D eigenvalue weighted by Gasteiger charge is -2.18. The van der Waals surface area contributed by atoms with Crippen LogP contribution in [0.2, 0.25) is 0 Å². The lowest BCUT2D eigenvalue weighted by atomic mass is 9.93. The highest BCUT2D eigenvalue weighted by Crippen LogP contribution is 2.21. The number of carboxylic acid groups (broad SMARTS) is 5. The zero-order valence-electron chi connectivity index (χ0n) is 77.8. The Kier molecular flexibility index (Phi) is 70.9. The van der Waals surface area contributed by atoms with E-state index < -0.39 is 65.7 Å². The molecule has 3 aromatic rings. The first kappa shape index (κ1) is 119. The van der Waals surface area contributed by atoms with Gasteiger partial charge in [0.1, 0.15) is 67.4 Å². The molecule has 133 heavy (non-hydrogen) atoms. The SMILES string of the molecule is CCCCNC(=O)COCCOCCCC(=O)COCCOCCNC(=O)CC[C@H](CC(=O)CCCCCCCCCOc1ccc(C(=O)O)cc1)C(=O)O.CC[C@H](NCC(=O)[C@@H](O)Cc1cnc[nH]1)C(=O)CC[C@@H](CCCCNC(=O)COCCOCCNC(=O)COCCOCCCC(=O)CC[C@H](NC(=O)CCCCCCCCCOc1ccc(C(=O)O)cc1)C(=O)O)C(=O)O. The van der Waals surface area contributed by atoms with E-state index >= 15 is 0 Å². The summed E-state index contributed by atoms with van der Waals surface area (Å²) in [5.74, 6) is -8.10. The first-order chi connectivity index (χ1) is 64.2. The molecule has 750 valence electrons. The van der Waals surface area contributed by atoms with E-state index in [0.29, 0.717) is 128 Å². The van der Waals surface area contributed by atoms with Crippen molar-refractivity contribution in [2.45, 2.75) is 250 Å². The van der Waals surface area contributed by atoms with E-state index in [1.54, 1.807) is 31.2 Å². The molecule has 0 spiro atoms. The first-order valence-corrected chi connectivity index (χ1v) is 46.8. The van der Waals surface area contributed by atoms with Crippen LogP contribution in [0, 0.1) is 11.8 Å². The number of ketones is 5. The van der Waals surface area contributed by atoms with Crippen molar-refractivity contribution < 1.29 is 150 Å². The number of carbonyl (C=O) groups excluding carboxylic acids is 10. The maximum Gasteiger partial charge on any atom is 0.335 e. The highest BCUT2D eigenvalue weighted by Gasteiger charge is 2.27. The van der Waals surface area contributed by atoms with Gasteiger partial charge >= 0.3 is 29.8 Å². The third kappa shape index (κ3) is 66.9. The number of benzene rings is 2. The molecule has 0 aliphatic rings. The molecule has 0 radical (unpaired) electrons. The van der Waals surface area contributed by atoms with Gasteiger partial charge in [-0.2, -0.15) is 0 Å². The van der Waals surface area contributed by atoms with Gasteiger partial charge in [0.25, 0.3) is 0 Å². The molecule has 39 nitrogen and oxygen atoms in total. The number of unbranched alkanes of at least 4 members (excludes halogenated alkanes) is 14. The molecule has 0 fully saturated rings. The Balaban J connectivity index is 0.000000957. The highest BCUT2D eigenvalue weighted by molar-refractivity contribution is 5.90. The quantitative estimate of drug-likeness (QED) is 0.0237. The molecule has 3 rings (SSSR count). The maximum atomic E-state index is 12.8. The number of nitrogens with zero attached hydrogens (tertiary/aromatic N) is 1. The van der Waals surface area contributed by atoms with Crippen molar-refractivity contribution in [2.75, 3.05) is 152 Å². The minimum absolute atomic E-state index is 0.00379. The number of aromatic carboxylic acids is 2. The summed E-state index contributed by atoms with van der Waals surface area (Å²) in [6.07, 6.45) is 20.5. The molecule has 0 unspecified atom stereocenters. The second-order valence-electron chi connectivity index (χ2n) is 32.0. The van der Waals surface area contributed by atoms with E-state index in [0.717, 1.165) is 89.9 Å². The molecular weight excluding hydrogens is 1740 g/mol. The van der Waals surface area contributed by atoms with Gasteiger partial charge in [0.15, 0.2) is 11.6 Å². The van der Waals surface area contributed by atoms with Crippen molar-refractivity contribution in [3.05, 3.63) is 77.9 Å². The number of aromatic amines is 1. The van der Waals surface area contributed by atoms with Crippen LogP contribution in [0.15, 0.2) is 61.1 Å². The number of ether oxygens (including phenoxy) is 10. The van der Waals surface area contributed by atoms with Crippen molar-refractivity contribution in [3.8, 4) is 11.5 Å². The van der Waals surface area contributed by atoms with E-state index in [-0.39, 0.29) is 234 Å². The van der Waals surface area contributed by atoms with E-state index in [4.69, 9.17) is 57.6 Å².